The molecule has 4 nitrogen and oxygen atoms in total. The van der Waals surface area contributed by atoms with E-state index in [9.17, 15) is 4.39 Å². The van der Waals surface area contributed by atoms with Crippen LogP contribution in [0.1, 0.15) is 33.6 Å². The summed E-state index contributed by atoms with van der Waals surface area (Å²) in [7, 11) is 0. The topological polar surface area (TPSA) is 54.5 Å². The van der Waals surface area contributed by atoms with Crippen LogP contribution in [0, 0.1) is 19.8 Å². The van der Waals surface area contributed by atoms with Gasteiger partial charge < -0.3 is 4.98 Å². The fourth-order valence-corrected chi connectivity index (χ4v) is 3.32. The van der Waals surface area contributed by atoms with Crippen molar-refractivity contribution in [2.45, 2.75) is 33.1 Å². The average molecular weight is 360 g/mol. The van der Waals surface area contributed by atoms with Gasteiger partial charge in [-0.05, 0) is 67.6 Å². The van der Waals surface area contributed by atoms with Gasteiger partial charge in [-0.15, -0.1) is 0 Å². The second-order valence-corrected chi connectivity index (χ2v) is 6.96. The standard InChI is InChI=1S/C22H21FN4/c1-14-9-20-18(13-26-22(20)25-12-14)11-17-4-6-19(27-21(17)23)5-3-16-7-8-24-15(2)10-16/h4,6-10,12-13H,3,5,11H2,1-2H3,(H,25,26). The van der Waals surface area contributed by atoms with Crippen molar-refractivity contribution in [3.8, 4) is 0 Å². The van der Waals surface area contributed by atoms with Crippen molar-refractivity contribution in [1.29, 1.82) is 0 Å². The number of pyridine rings is 3. The van der Waals surface area contributed by atoms with Crippen LogP contribution in [0.3, 0.4) is 0 Å². The molecular formula is C22H21FN4. The molecule has 0 aliphatic rings. The number of hydrogen-bond donors (Lipinski definition) is 1. The van der Waals surface area contributed by atoms with Crippen molar-refractivity contribution in [1.82, 2.24) is 19.9 Å². The second kappa shape index (κ2) is 7.27. The summed E-state index contributed by atoms with van der Waals surface area (Å²) in [6.45, 7) is 3.97. The van der Waals surface area contributed by atoms with Crippen LogP contribution in [0.25, 0.3) is 11.0 Å². The predicted molar refractivity (Wildman–Crippen MR) is 104 cm³/mol. The van der Waals surface area contributed by atoms with E-state index in [1.807, 2.05) is 44.4 Å². The zero-order valence-electron chi connectivity index (χ0n) is 15.5. The number of aromatic nitrogens is 4. The third kappa shape index (κ3) is 3.87. The van der Waals surface area contributed by atoms with Crippen molar-refractivity contribution < 1.29 is 4.39 Å². The fraction of sp³-hybridized carbons (Fsp3) is 0.227. The molecule has 5 heteroatoms. The Morgan fingerprint density at radius 3 is 2.70 bits per heavy atom. The molecule has 0 saturated heterocycles. The summed E-state index contributed by atoms with van der Waals surface area (Å²) in [6.07, 6.45) is 7.55. The first-order chi connectivity index (χ1) is 13.1. The molecule has 0 atom stereocenters. The van der Waals surface area contributed by atoms with E-state index in [1.54, 1.807) is 6.20 Å². The molecule has 0 bridgehead atoms. The molecule has 0 aliphatic heterocycles. The van der Waals surface area contributed by atoms with Crippen molar-refractivity contribution in [3.63, 3.8) is 0 Å². The highest BCUT2D eigenvalue weighted by Crippen LogP contribution is 2.22. The van der Waals surface area contributed by atoms with Crippen LogP contribution in [0.15, 0.2) is 48.9 Å². The van der Waals surface area contributed by atoms with E-state index in [1.165, 1.54) is 5.56 Å². The summed E-state index contributed by atoms with van der Waals surface area (Å²) in [5.41, 5.74) is 6.49. The highest BCUT2D eigenvalue weighted by Gasteiger charge is 2.11. The Labute approximate surface area is 157 Å². The first-order valence-electron chi connectivity index (χ1n) is 9.07. The minimum absolute atomic E-state index is 0.395. The molecule has 136 valence electrons. The van der Waals surface area contributed by atoms with E-state index < -0.39 is 5.95 Å². The third-order valence-corrected chi connectivity index (χ3v) is 4.75. The van der Waals surface area contributed by atoms with E-state index >= 15 is 0 Å². The average Bonchev–Trinajstić information content (AvgIpc) is 3.04. The maximum absolute atomic E-state index is 14.6. The Morgan fingerprint density at radius 2 is 1.89 bits per heavy atom. The van der Waals surface area contributed by atoms with Crippen LogP contribution in [0.2, 0.25) is 0 Å². The molecule has 0 fully saturated rings. The molecule has 4 rings (SSSR count). The molecule has 0 saturated carbocycles. The van der Waals surface area contributed by atoms with Gasteiger partial charge in [-0.2, -0.15) is 4.39 Å². The predicted octanol–water partition coefficient (Wildman–Crippen LogP) is 4.48. The summed E-state index contributed by atoms with van der Waals surface area (Å²) in [4.78, 5) is 15.9. The molecule has 0 unspecified atom stereocenters. The zero-order chi connectivity index (χ0) is 18.8. The van der Waals surface area contributed by atoms with Gasteiger partial charge in [0.05, 0.1) is 0 Å². The number of hydrogen-bond acceptors (Lipinski definition) is 3. The Hall–Kier alpha value is -3.08. The van der Waals surface area contributed by atoms with Crippen molar-refractivity contribution in [2.75, 3.05) is 0 Å². The number of aromatic amines is 1. The maximum Gasteiger partial charge on any atom is 0.216 e. The molecule has 4 heterocycles. The number of rotatable bonds is 5. The molecule has 4 aromatic heterocycles. The highest BCUT2D eigenvalue weighted by atomic mass is 19.1. The van der Waals surface area contributed by atoms with Gasteiger partial charge in [0.1, 0.15) is 5.65 Å². The summed E-state index contributed by atoms with van der Waals surface area (Å²) in [5, 5.41) is 1.03. The lowest BCUT2D eigenvalue weighted by Gasteiger charge is -2.06. The molecule has 0 spiro atoms. The molecule has 0 amide bonds. The Morgan fingerprint density at radius 1 is 1.00 bits per heavy atom. The number of nitrogens with zero attached hydrogens (tertiary/aromatic N) is 3. The molecular weight excluding hydrogens is 339 g/mol. The van der Waals surface area contributed by atoms with Crippen LogP contribution >= 0.6 is 0 Å². The van der Waals surface area contributed by atoms with Crippen LogP contribution in [0.5, 0.6) is 0 Å². The van der Waals surface area contributed by atoms with E-state index in [2.05, 4.69) is 32.1 Å². The van der Waals surface area contributed by atoms with Gasteiger partial charge >= 0.3 is 0 Å². The lowest BCUT2D eigenvalue weighted by atomic mass is 10.0. The first-order valence-corrected chi connectivity index (χ1v) is 9.07. The zero-order valence-corrected chi connectivity index (χ0v) is 15.5. The smallest absolute Gasteiger partial charge is 0.216 e. The Bertz CT molecular complexity index is 1100. The van der Waals surface area contributed by atoms with Gasteiger partial charge in [-0.3, -0.25) is 4.98 Å². The maximum atomic E-state index is 14.6. The van der Waals surface area contributed by atoms with Gasteiger partial charge in [0.15, 0.2) is 0 Å². The quantitative estimate of drug-likeness (QED) is 0.534. The summed E-state index contributed by atoms with van der Waals surface area (Å²) < 4.78 is 14.6. The second-order valence-electron chi connectivity index (χ2n) is 6.96. The van der Waals surface area contributed by atoms with Crippen molar-refractivity contribution in [2.24, 2.45) is 0 Å². The van der Waals surface area contributed by atoms with Gasteiger partial charge in [0.25, 0.3) is 0 Å². The van der Waals surface area contributed by atoms with E-state index in [0.29, 0.717) is 18.4 Å². The van der Waals surface area contributed by atoms with Crippen LogP contribution in [0.4, 0.5) is 4.39 Å². The van der Waals surface area contributed by atoms with Crippen LogP contribution in [-0.2, 0) is 19.3 Å². The molecule has 0 aliphatic carbocycles. The van der Waals surface area contributed by atoms with Crippen molar-refractivity contribution >= 4 is 11.0 Å². The number of aryl methyl sites for hydroxylation is 4. The lowest BCUT2D eigenvalue weighted by molar-refractivity contribution is 0.563. The summed E-state index contributed by atoms with van der Waals surface area (Å²) in [5.74, 6) is -0.395. The monoisotopic (exact) mass is 360 g/mol. The molecule has 4 aromatic rings. The number of nitrogens with one attached hydrogen (secondary N) is 1. The van der Waals surface area contributed by atoms with E-state index in [0.717, 1.165) is 40.0 Å². The number of halogens is 1. The van der Waals surface area contributed by atoms with Crippen LogP contribution < -0.4 is 0 Å². The largest absolute Gasteiger partial charge is 0.346 e. The minimum Gasteiger partial charge on any atom is -0.346 e. The fourth-order valence-electron chi connectivity index (χ4n) is 3.32. The Kier molecular flexibility index (Phi) is 4.67. The van der Waals surface area contributed by atoms with Crippen molar-refractivity contribution in [3.05, 3.63) is 88.5 Å². The van der Waals surface area contributed by atoms with Gasteiger partial charge in [0, 0.05) is 47.3 Å². The lowest BCUT2D eigenvalue weighted by Crippen LogP contribution is -2.01. The molecule has 1 N–H and O–H groups in total. The van der Waals surface area contributed by atoms with Gasteiger partial charge in [0.2, 0.25) is 5.95 Å². The molecule has 27 heavy (non-hydrogen) atoms. The number of H-pyrrole nitrogens is 1. The van der Waals surface area contributed by atoms with Gasteiger partial charge in [-0.25, -0.2) is 9.97 Å². The van der Waals surface area contributed by atoms with Gasteiger partial charge in [-0.1, -0.05) is 6.07 Å². The molecule has 0 aromatic carbocycles. The normalized spacial score (nSPS) is 11.2. The van der Waals surface area contributed by atoms with E-state index in [4.69, 9.17) is 0 Å². The minimum atomic E-state index is -0.395. The van der Waals surface area contributed by atoms with E-state index in [-0.39, 0.29) is 0 Å². The molecule has 0 radical (unpaired) electrons. The third-order valence-electron chi connectivity index (χ3n) is 4.75. The SMILES string of the molecule is Cc1cnc2[nH]cc(Cc3ccc(CCc4ccnc(C)c4)nc3F)c2c1. The first kappa shape index (κ1) is 17.3. The van der Waals surface area contributed by atoms with Crippen LogP contribution in [-0.4, -0.2) is 19.9 Å². The summed E-state index contributed by atoms with van der Waals surface area (Å²) >= 11 is 0. The highest BCUT2D eigenvalue weighted by molar-refractivity contribution is 5.80. The summed E-state index contributed by atoms with van der Waals surface area (Å²) in [6, 6.07) is 9.88. The number of fused-ring (bicyclic) bond motifs is 1. The Balaban J connectivity index is 1.50.